The number of carbonyl (C=O) groups excluding carboxylic acids is 1. The van der Waals surface area contributed by atoms with Crippen molar-refractivity contribution in [2.75, 3.05) is 12.4 Å². The van der Waals surface area contributed by atoms with E-state index in [1.54, 1.807) is 17.5 Å². The molecule has 1 atom stereocenters. The third kappa shape index (κ3) is 3.63. The highest BCUT2D eigenvalue weighted by atomic mass is 32.2. The summed E-state index contributed by atoms with van der Waals surface area (Å²) in [6.07, 6.45) is 0.302. The maximum Gasteiger partial charge on any atom is 0.225 e. The van der Waals surface area contributed by atoms with Crippen LogP contribution < -0.4 is 10.1 Å². The van der Waals surface area contributed by atoms with E-state index in [-0.39, 0.29) is 21.6 Å². The monoisotopic (exact) mass is 441 g/mol. The normalized spacial score (nSPS) is 16.3. The Labute approximate surface area is 180 Å². The lowest BCUT2D eigenvalue weighted by Crippen LogP contribution is -2.23. The Kier molecular flexibility index (Phi) is 5.42. The van der Waals surface area contributed by atoms with Crippen molar-refractivity contribution >= 4 is 32.8 Å². The van der Waals surface area contributed by atoms with Crippen LogP contribution in [0.4, 0.5) is 5.69 Å². The number of carbonyl (C=O) groups is 1. The van der Waals surface area contributed by atoms with E-state index >= 15 is 0 Å². The molecule has 0 bridgehead atoms. The third-order valence-corrected chi connectivity index (χ3v) is 8.46. The summed E-state index contributed by atoms with van der Waals surface area (Å²) in [5.74, 6) is 0.677. The van der Waals surface area contributed by atoms with Crippen molar-refractivity contribution in [3.05, 3.63) is 69.9 Å². The molecule has 2 heterocycles. The van der Waals surface area contributed by atoms with Crippen molar-refractivity contribution in [3.8, 4) is 5.75 Å². The molecule has 156 valence electrons. The topological polar surface area (TPSA) is 72.5 Å². The fraction of sp³-hybridized carbons (Fsp3) is 0.261. The van der Waals surface area contributed by atoms with Gasteiger partial charge in [-0.25, -0.2) is 8.42 Å². The maximum absolute atomic E-state index is 13.3. The largest absolute Gasteiger partial charge is 0.497 e. The Bertz CT molecular complexity index is 1180. The van der Waals surface area contributed by atoms with Gasteiger partial charge < -0.3 is 10.1 Å². The SMILES string of the molecule is COc1ccc(S(=O)(=O)c2csc3c2NC(=O)C[C@H]3c2ccc(C(C)C)cc2)cc1. The lowest BCUT2D eigenvalue weighted by molar-refractivity contribution is -0.116. The van der Waals surface area contributed by atoms with Gasteiger partial charge in [-0.3, -0.25) is 4.79 Å². The number of amides is 1. The van der Waals surface area contributed by atoms with Crippen LogP contribution in [0.2, 0.25) is 0 Å². The number of hydrogen-bond donors (Lipinski definition) is 1. The van der Waals surface area contributed by atoms with Gasteiger partial charge in [0.15, 0.2) is 0 Å². The number of nitrogens with one attached hydrogen (secondary N) is 1. The molecule has 30 heavy (non-hydrogen) atoms. The maximum atomic E-state index is 13.3. The first-order chi connectivity index (χ1) is 14.3. The second-order valence-corrected chi connectivity index (χ2v) is 10.5. The Balaban J connectivity index is 1.75. The molecule has 2 aromatic carbocycles. The van der Waals surface area contributed by atoms with Crippen LogP contribution in [-0.4, -0.2) is 21.4 Å². The molecular weight excluding hydrogens is 418 g/mol. The van der Waals surface area contributed by atoms with E-state index in [4.69, 9.17) is 4.74 Å². The van der Waals surface area contributed by atoms with Crippen LogP contribution in [0.5, 0.6) is 5.75 Å². The molecule has 0 saturated heterocycles. The smallest absolute Gasteiger partial charge is 0.225 e. The molecule has 4 rings (SSSR count). The predicted octanol–water partition coefficient (Wildman–Crippen LogP) is 5.19. The van der Waals surface area contributed by atoms with E-state index in [2.05, 4.69) is 31.3 Å². The summed E-state index contributed by atoms with van der Waals surface area (Å²) in [5, 5.41) is 4.43. The van der Waals surface area contributed by atoms with Gasteiger partial charge in [0.25, 0.3) is 0 Å². The minimum absolute atomic E-state index is 0.143. The van der Waals surface area contributed by atoms with E-state index in [0.29, 0.717) is 23.8 Å². The van der Waals surface area contributed by atoms with Crippen LogP contribution >= 0.6 is 11.3 Å². The average molecular weight is 442 g/mol. The molecule has 5 nitrogen and oxygen atoms in total. The van der Waals surface area contributed by atoms with Crippen molar-refractivity contribution in [1.82, 2.24) is 0 Å². The van der Waals surface area contributed by atoms with Crippen LogP contribution in [0, 0.1) is 0 Å². The fourth-order valence-electron chi connectivity index (χ4n) is 3.67. The van der Waals surface area contributed by atoms with Crippen molar-refractivity contribution in [2.24, 2.45) is 0 Å². The van der Waals surface area contributed by atoms with E-state index in [1.807, 2.05) is 12.1 Å². The number of sulfone groups is 1. The molecule has 1 amide bonds. The molecule has 0 aliphatic carbocycles. The van der Waals surface area contributed by atoms with Gasteiger partial charge >= 0.3 is 0 Å². The van der Waals surface area contributed by atoms with Crippen LogP contribution in [0.3, 0.4) is 0 Å². The van der Waals surface area contributed by atoms with E-state index in [9.17, 15) is 13.2 Å². The Morgan fingerprint density at radius 2 is 1.73 bits per heavy atom. The molecule has 3 aromatic rings. The molecular formula is C23H23NO4S2. The number of benzene rings is 2. The number of rotatable bonds is 5. The summed E-state index contributed by atoms with van der Waals surface area (Å²) >= 11 is 1.38. The molecule has 7 heteroatoms. The number of thiophene rings is 1. The molecule has 1 aliphatic heterocycles. The standard InChI is InChI=1S/C23H23NO4S2/c1-14(2)15-4-6-16(7-5-15)19-12-21(25)24-22-20(13-29-23(19)22)30(26,27)18-10-8-17(28-3)9-11-18/h4-11,13-14,19H,12H2,1-3H3,(H,24,25)/t19-/m0/s1. The number of hydrogen-bond acceptors (Lipinski definition) is 5. The molecule has 1 aromatic heterocycles. The van der Waals surface area contributed by atoms with Crippen molar-refractivity contribution in [3.63, 3.8) is 0 Å². The molecule has 0 saturated carbocycles. The summed E-state index contributed by atoms with van der Waals surface area (Å²) in [5.41, 5.74) is 2.66. The molecule has 1 aliphatic rings. The second kappa shape index (κ2) is 7.89. The van der Waals surface area contributed by atoms with Gasteiger partial charge in [-0.1, -0.05) is 38.1 Å². The minimum Gasteiger partial charge on any atom is -0.497 e. The third-order valence-electron chi connectivity index (χ3n) is 5.42. The first kappa shape index (κ1) is 20.6. The zero-order valence-corrected chi connectivity index (χ0v) is 18.6. The highest BCUT2D eigenvalue weighted by Gasteiger charge is 2.34. The summed E-state index contributed by atoms with van der Waals surface area (Å²) in [4.78, 5) is 13.6. The first-order valence-corrected chi connectivity index (χ1v) is 12.1. The van der Waals surface area contributed by atoms with Crippen LogP contribution in [0.25, 0.3) is 0 Å². The van der Waals surface area contributed by atoms with Crippen molar-refractivity contribution < 1.29 is 17.9 Å². The zero-order valence-electron chi connectivity index (χ0n) is 17.0. The van der Waals surface area contributed by atoms with Crippen molar-refractivity contribution in [2.45, 2.75) is 41.9 Å². The van der Waals surface area contributed by atoms with Gasteiger partial charge in [0.2, 0.25) is 15.7 Å². The predicted molar refractivity (Wildman–Crippen MR) is 118 cm³/mol. The highest BCUT2D eigenvalue weighted by molar-refractivity contribution is 7.91. The minimum atomic E-state index is -3.77. The highest BCUT2D eigenvalue weighted by Crippen LogP contribution is 2.46. The summed E-state index contributed by atoms with van der Waals surface area (Å²) in [7, 11) is -2.24. The summed E-state index contributed by atoms with van der Waals surface area (Å²) < 4.78 is 31.6. The molecule has 0 fully saturated rings. The summed E-state index contributed by atoms with van der Waals surface area (Å²) in [6.45, 7) is 4.27. The number of fused-ring (bicyclic) bond motifs is 1. The lowest BCUT2D eigenvalue weighted by Gasteiger charge is -2.24. The molecule has 1 N–H and O–H groups in total. The first-order valence-electron chi connectivity index (χ1n) is 9.71. The molecule has 0 radical (unpaired) electrons. The molecule has 0 unspecified atom stereocenters. The second-order valence-electron chi connectivity index (χ2n) is 7.64. The Morgan fingerprint density at radius 1 is 1.07 bits per heavy atom. The van der Waals surface area contributed by atoms with Gasteiger partial charge in [0.05, 0.1) is 17.7 Å². The number of methoxy groups -OCH3 is 1. The van der Waals surface area contributed by atoms with Crippen LogP contribution in [0.1, 0.15) is 48.1 Å². The van der Waals surface area contributed by atoms with Gasteiger partial charge in [0.1, 0.15) is 10.6 Å². The van der Waals surface area contributed by atoms with Gasteiger partial charge in [-0.05, 0) is 41.3 Å². The average Bonchev–Trinajstić information content (AvgIpc) is 3.17. The van der Waals surface area contributed by atoms with Gasteiger partial charge in [-0.2, -0.15) is 0 Å². The molecule has 0 spiro atoms. The van der Waals surface area contributed by atoms with Crippen molar-refractivity contribution in [1.29, 1.82) is 0 Å². The summed E-state index contributed by atoms with van der Waals surface area (Å²) in [6, 6.07) is 14.5. The van der Waals surface area contributed by atoms with E-state index in [1.165, 1.54) is 36.1 Å². The van der Waals surface area contributed by atoms with Crippen LogP contribution in [0.15, 0.2) is 63.7 Å². The lowest BCUT2D eigenvalue weighted by atomic mass is 9.89. The zero-order chi connectivity index (χ0) is 21.5. The van der Waals surface area contributed by atoms with Crippen LogP contribution in [-0.2, 0) is 14.6 Å². The number of ether oxygens (including phenoxy) is 1. The Morgan fingerprint density at radius 3 is 2.33 bits per heavy atom. The van der Waals surface area contributed by atoms with Gasteiger partial charge in [-0.15, -0.1) is 11.3 Å². The fourth-order valence-corrected chi connectivity index (χ4v) is 6.57. The van der Waals surface area contributed by atoms with Gasteiger partial charge in [0, 0.05) is 22.6 Å². The quantitative estimate of drug-likeness (QED) is 0.592. The van der Waals surface area contributed by atoms with E-state index in [0.717, 1.165) is 10.4 Å². The number of anilines is 1. The van der Waals surface area contributed by atoms with E-state index < -0.39 is 9.84 Å². The Hall–Kier alpha value is -2.64.